The topological polar surface area (TPSA) is 177 Å². The summed E-state index contributed by atoms with van der Waals surface area (Å²) in [6, 6.07) is 41.1. The zero-order valence-corrected chi connectivity index (χ0v) is 35.9. The van der Waals surface area contributed by atoms with E-state index in [1.165, 1.54) is 18.2 Å². The minimum absolute atomic E-state index is 0.0404. The van der Waals surface area contributed by atoms with Gasteiger partial charge in [-0.25, -0.2) is 0 Å². The number of nitrogens with zero attached hydrogens (tertiary/aromatic N) is 3. The molecule has 3 amide bonds. The molecular weight excluding hydrogens is 865 g/mol. The van der Waals surface area contributed by atoms with Crippen LogP contribution in [0.2, 0.25) is 0 Å². The monoisotopic (exact) mass is 894 g/mol. The average Bonchev–Trinajstić information content (AvgIpc) is 3.38. The summed E-state index contributed by atoms with van der Waals surface area (Å²) in [5, 5.41) is 13.5. The molecule has 0 aliphatic heterocycles. The third-order valence-electron chi connectivity index (χ3n) is 13.2. The summed E-state index contributed by atoms with van der Waals surface area (Å²) in [6.45, 7) is 0. The maximum absolute atomic E-state index is 14.3. The molecule has 69 heavy (non-hydrogen) atoms. The number of rotatable bonds is 6. The van der Waals surface area contributed by atoms with E-state index in [0.29, 0.717) is 84.2 Å². The summed E-state index contributed by atoms with van der Waals surface area (Å²) < 4.78 is 0. The van der Waals surface area contributed by atoms with Gasteiger partial charge < -0.3 is 16.0 Å². The van der Waals surface area contributed by atoms with Crippen molar-refractivity contribution in [3.8, 4) is 33.8 Å². The van der Waals surface area contributed by atoms with Crippen LogP contribution >= 0.6 is 0 Å². The molecular formula is C57H30N6O6. The zero-order chi connectivity index (χ0) is 46.7. The fourth-order valence-corrected chi connectivity index (χ4v) is 9.99. The predicted molar refractivity (Wildman–Crippen MR) is 262 cm³/mol. The molecule has 0 saturated carbocycles. The fraction of sp³-hybridized carbons (Fsp3) is 0. The first-order valence-corrected chi connectivity index (χ1v) is 22.0. The lowest BCUT2D eigenvalue weighted by Gasteiger charge is -2.20. The van der Waals surface area contributed by atoms with Crippen molar-refractivity contribution in [2.45, 2.75) is 0 Å². The number of benzene rings is 7. The summed E-state index contributed by atoms with van der Waals surface area (Å²) in [4.78, 5) is 98.2. The number of ketones is 3. The third-order valence-corrected chi connectivity index (χ3v) is 13.2. The molecule has 12 heteroatoms. The lowest BCUT2D eigenvalue weighted by molar-refractivity contribution is 0.101. The fourth-order valence-electron chi connectivity index (χ4n) is 9.99. The standard InChI is InChI=1S/C57H30N6O6/c64-52-40-7-1-4-28-16-19-58-49(46(28)40)37-13-10-34(25-43(37)52)61-55(67)31-22-32(56(68)62-35-11-14-38-44(26-35)53(65)41-8-2-5-29-17-20-59-50(38)47(29)41)24-33(23-31)57(69)63-36-12-15-39-45(27-36)54(66)42-9-3-6-30-18-21-60-51(39)48(30)42/h1-27H,(H,61,67)(H,62,68)(H,63,69). The second kappa shape index (κ2) is 14.9. The average molecular weight is 895 g/mol. The minimum Gasteiger partial charge on any atom is -0.322 e. The van der Waals surface area contributed by atoms with Crippen LogP contribution in [0.4, 0.5) is 17.1 Å². The van der Waals surface area contributed by atoms with Gasteiger partial charge in [-0.3, -0.25) is 43.7 Å². The number of amides is 3. The Kier molecular flexibility index (Phi) is 8.51. The van der Waals surface area contributed by atoms with Crippen LogP contribution in [0, 0.1) is 0 Å². The van der Waals surface area contributed by atoms with Gasteiger partial charge in [-0.15, -0.1) is 0 Å². The number of aromatic nitrogens is 3. The molecule has 0 saturated heterocycles. The van der Waals surface area contributed by atoms with Crippen molar-refractivity contribution in [3.63, 3.8) is 0 Å². The highest BCUT2D eigenvalue weighted by Gasteiger charge is 2.30. The number of hydrogen-bond acceptors (Lipinski definition) is 9. The predicted octanol–water partition coefficient (Wildman–Crippen LogP) is 10.7. The Hall–Kier alpha value is -9.81. The molecule has 10 aromatic rings. The van der Waals surface area contributed by atoms with Crippen LogP contribution in [0.1, 0.15) is 78.8 Å². The van der Waals surface area contributed by atoms with Crippen molar-refractivity contribution >= 4 is 84.5 Å². The quantitative estimate of drug-likeness (QED) is 0.147. The zero-order valence-electron chi connectivity index (χ0n) is 35.9. The Morgan fingerprint density at radius 3 is 0.928 bits per heavy atom. The molecule has 3 heterocycles. The maximum Gasteiger partial charge on any atom is 0.255 e. The summed E-state index contributed by atoms with van der Waals surface area (Å²) in [6.07, 6.45) is 5.08. The van der Waals surface area contributed by atoms with Crippen molar-refractivity contribution in [1.82, 2.24) is 15.0 Å². The van der Waals surface area contributed by atoms with E-state index in [1.807, 2.05) is 54.6 Å². The van der Waals surface area contributed by atoms with Crippen molar-refractivity contribution in [3.05, 3.63) is 214 Å². The first-order chi connectivity index (χ1) is 33.7. The van der Waals surface area contributed by atoms with Crippen molar-refractivity contribution in [2.24, 2.45) is 0 Å². The van der Waals surface area contributed by atoms with Crippen LogP contribution < -0.4 is 16.0 Å². The summed E-state index contributed by atoms with van der Waals surface area (Å²) in [7, 11) is 0. The maximum atomic E-state index is 14.3. The van der Waals surface area contributed by atoms with Gasteiger partial charge >= 0.3 is 0 Å². The van der Waals surface area contributed by atoms with E-state index >= 15 is 0 Å². The molecule has 3 aliphatic carbocycles. The minimum atomic E-state index is -0.665. The van der Waals surface area contributed by atoms with Crippen LogP contribution in [-0.2, 0) is 0 Å². The molecule has 12 nitrogen and oxygen atoms in total. The molecule has 0 atom stereocenters. The van der Waals surface area contributed by atoms with E-state index in [4.69, 9.17) is 0 Å². The molecule has 3 N–H and O–H groups in total. The van der Waals surface area contributed by atoms with Gasteiger partial charge in [-0.05, 0) is 107 Å². The van der Waals surface area contributed by atoms with E-state index in [9.17, 15) is 28.8 Å². The Balaban J connectivity index is 0.842. The van der Waals surface area contributed by atoms with Gasteiger partial charge in [0.1, 0.15) is 0 Å². The van der Waals surface area contributed by atoms with E-state index in [-0.39, 0.29) is 34.0 Å². The first-order valence-electron chi connectivity index (χ1n) is 22.0. The van der Waals surface area contributed by atoms with Crippen LogP contribution in [0.3, 0.4) is 0 Å². The van der Waals surface area contributed by atoms with E-state index < -0.39 is 17.7 Å². The van der Waals surface area contributed by atoms with E-state index in [0.717, 1.165) is 32.3 Å². The Morgan fingerprint density at radius 1 is 0.319 bits per heavy atom. The highest BCUT2D eigenvalue weighted by Crippen LogP contribution is 2.42. The Morgan fingerprint density at radius 2 is 0.623 bits per heavy atom. The molecule has 0 spiro atoms. The summed E-state index contributed by atoms with van der Waals surface area (Å²) in [5.41, 5.74) is 7.24. The van der Waals surface area contributed by atoms with Gasteiger partial charge in [0.15, 0.2) is 17.3 Å². The Bertz CT molecular complexity index is 3640. The SMILES string of the molecule is O=C(Nc1ccc2c(c1)C(=O)c1cccc3ccnc-2c13)c1cc(C(=O)Nc2ccc3c(c2)C(=O)c2cccc4ccnc-3c24)cc(C(=O)Nc2ccc3c(c2)C(=O)c2cccc4ccnc-3c24)c1. The molecule has 7 aromatic carbocycles. The van der Waals surface area contributed by atoms with Crippen LogP contribution in [0.25, 0.3) is 66.1 Å². The molecule has 3 aromatic heterocycles. The van der Waals surface area contributed by atoms with Crippen molar-refractivity contribution in [1.29, 1.82) is 0 Å². The van der Waals surface area contributed by atoms with Crippen LogP contribution in [0.5, 0.6) is 0 Å². The van der Waals surface area contributed by atoms with E-state index in [1.54, 1.807) is 91.4 Å². The second-order valence-corrected chi connectivity index (χ2v) is 17.1. The molecule has 0 unspecified atom stereocenters. The summed E-state index contributed by atoms with van der Waals surface area (Å²) in [5.74, 6) is -2.64. The largest absolute Gasteiger partial charge is 0.322 e. The van der Waals surface area contributed by atoms with Crippen molar-refractivity contribution in [2.75, 3.05) is 16.0 Å². The van der Waals surface area contributed by atoms with Crippen LogP contribution in [-0.4, -0.2) is 50.0 Å². The van der Waals surface area contributed by atoms with Gasteiger partial charge in [0.2, 0.25) is 0 Å². The summed E-state index contributed by atoms with van der Waals surface area (Å²) >= 11 is 0. The third kappa shape index (κ3) is 6.13. The van der Waals surface area contributed by atoms with E-state index in [2.05, 4.69) is 30.9 Å². The van der Waals surface area contributed by atoms with Gasteiger partial charge in [0.05, 0.1) is 17.1 Å². The molecule has 3 aliphatic rings. The van der Waals surface area contributed by atoms with Gasteiger partial charge in [0.25, 0.3) is 17.7 Å². The number of carbonyl (C=O) groups excluding carboxylic acids is 6. The normalized spacial score (nSPS) is 12.6. The van der Waals surface area contributed by atoms with Crippen LogP contribution in [0.15, 0.2) is 164 Å². The molecule has 13 rings (SSSR count). The second-order valence-electron chi connectivity index (χ2n) is 17.1. The Labute approximate surface area is 390 Å². The highest BCUT2D eigenvalue weighted by molar-refractivity contribution is 6.28. The molecule has 0 fully saturated rings. The number of fused-ring (bicyclic) bond motifs is 6. The molecule has 0 radical (unpaired) electrons. The van der Waals surface area contributed by atoms with Gasteiger partial charge in [0, 0.05) is 119 Å². The molecule has 324 valence electrons. The number of hydrogen-bond donors (Lipinski definition) is 3. The number of pyridine rings is 3. The van der Waals surface area contributed by atoms with Crippen molar-refractivity contribution < 1.29 is 28.8 Å². The lowest BCUT2D eigenvalue weighted by atomic mass is 9.85. The first kappa shape index (κ1) is 39.5. The number of nitrogens with one attached hydrogen (secondary N) is 3. The smallest absolute Gasteiger partial charge is 0.255 e. The highest BCUT2D eigenvalue weighted by atomic mass is 16.2. The lowest BCUT2D eigenvalue weighted by Crippen LogP contribution is -2.20. The molecule has 0 bridgehead atoms. The van der Waals surface area contributed by atoms with Gasteiger partial charge in [-0.2, -0.15) is 0 Å². The number of anilines is 3. The number of carbonyl (C=O) groups is 6. The van der Waals surface area contributed by atoms with Gasteiger partial charge in [-0.1, -0.05) is 54.6 Å².